The van der Waals surface area contributed by atoms with Gasteiger partial charge in [-0.25, -0.2) is 23.7 Å². The van der Waals surface area contributed by atoms with Crippen LogP contribution in [0.1, 0.15) is 53.6 Å². The Bertz CT molecular complexity index is 2110. The summed E-state index contributed by atoms with van der Waals surface area (Å²) in [6.07, 6.45) is 0. The van der Waals surface area contributed by atoms with Crippen molar-refractivity contribution in [3.63, 3.8) is 0 Å². The van der Waals surface area contributed by atoms with Gasteiger partial charge in [-0.3, -0.25) is 19.2 Å². The number of benzene rings is 2. The minimum Gasteiger partial charge on any atom is -0.478 e. The van der Waals surface area contributed by atoms with Crippen molar-refractivity contribution in [3.05, 3.63) is 113 Å². The van der Waals surface area contributed by atoms with Gasteiger partial charge in [-0.05, 0) is 60.1 Å². The summed E-state index contributed by atoms with van der Waals surface area (Å²) in [6.45, 7) is 1.54. The van der Waals surface area contributed by atoms with E-state index in [1.165, 1.54) is 34.7 Å². The summed E-state index contributed by atoms with van der Waals surface area (Å²) in [4.78, 5) is 64.6. The lowest BCUT2D eigenvalue weighted by molar-refractivity contribution is 0.0695. The number of carbonyl (C=O) groups excluding carboxylic acids is 2. The van der Waals surface area contributed by atoms with E-state index in [4.69, 9.17) is 18.0 Å². The van der Waals surface area contributed by atoms with Crippen LogP contribution in [0.2, 0.25) is 0 Å². The van der Waals surface area contributed by atoms with Gasteiger partial charge in [-0.1, -0.05) is 18.2 Å². The maximum Gasteiger partial charge on any atom is 0.335 e. The van der Waals surface area contributed by atoms with Gasteiger partial charge in [-0.15, -0.1) is 5.10 Å². The Morgan fingerprint density at radius 3 is 2.36 bits per heavy atom. The van der Waals surface area contributed by atoms with Crippen LogP contribution in [0.3, 0.4) is 0 Å². The van der Waals surface area contributed by atoms with Crippen LogP contribution in [-0.4, -0.2) is 42.5 Å². The van der Waals surface area contributed by atoms with Gasteiger partial charge in [0.05, 0.1) is 5.56 Å². The fraction of sp³-hybridized carbons (Fsp3) is 0.143. The standard InChI is InChI=1S/C28H23FN8O6S/c1-12-6-13(2-4-16(12)26(42)43)9-32-24(40)18-8-19(37-27(34-18)35-36-28(37)44)25(41)33-10-14-3-5-17(29)15(7-14)11-31-21-20(30)22(38)23(21)39/h2-8,31H,9-11,30H2,1H3,(H,32,40)(H,33,41)(H,36,44)(H,42,43). The SMILES string of the molecule is Cc1cc(CNC(=O)c2cc(C(=O)NCc3ccc(F)c(CNc4c(N)c(=O)c4=O)c3)n3c(=S)[nH]nc3n2)ccc1C(=O)O. The number of hydrogen-bond acceptors (Lipinski definition) is 10. The number of anilines is 2. The number of H-pyrrole nitrogens is 1. The zero-order chi connectivity index (χ0) is 31.7. The van der Waals surface area contributed by atoms with Crippen molar-refractivity contribution in [3.8, 4) is 0 Å². The zero-order valence-corrected chi connectivity index (χ0v) is 23.7. The summed E-state index contributed by atoms with van der Waals surface area (Å²) in [5.41, 5.74) is 5.50. The molecule has 0 spiro atoms. The summed E-state index contributed by atoms with van der Waals surface area (Å²) < 4.78 is 15.7. The molecule has 7 N–H and O–H groups in total. The van der Waals surface area contributed by atoms with Crippen molar-refractivity contribution in [2.24, 2.45) is 0 Å². The molecule has 0 aliphatic heterocycles. The number of nitrogens with zero attached hydrogens (tertiary/aromatic N) is 3. The zero-order valence-electron chi connectivity index (χ0n) is 22.9. The van der Waals surface area contributed by atoms with Crippen molar-refractivity contribution < 1.29 is 23.9 Å². The molecule has 14 nitrogen and oxygen atoms in total. The van der Waals surface area contributed by atoms with E-state index in [9.17, 15) is 33.5 Å². The second-order valence-electron chi connectivity index (χ2n) is 9.74. The van der Waals surface area contributed by atoms with Crippen LogP contribution in [0.4, 0.5) is 15.8 Å². The molecule has 224 valence electrons. The van der Waals surface area contributed by atoms with E-state index in [1.807, 2.05) is 0 Å². The third-order valence-electron chi connectivity index (χ3n) is 6.80. The first-order valence-corrected chi connectivity index (χ1v) is 13.3. The highest BCUT2D eigenvalue weighted by atomic mass is 32.1. The molecule has 5 rings (SSSR count). The number of aromatic nitrogens is 4. The van der Waals surface area contributed by atoms with Crippen LogP contribution in [0, 0.1) is 17.5 Å². The molecule has 44 heavy (non-hydrogen) atoms. The lowest BCUT2D eigenvalue weighted by Crippen LogP contribution is -2.37. The molecule has 2 heterocycles. The van der Waals surface area contributed by atoms with Crippen LogP contribution >= 0.6 is 12.2 Å². The molecule has 0 unspecified atom stereocenters. The number of amides is 2. The Kier molecular flexibility index (Phi) is 8.00. The number of aromatic carboxylic acids is 1. The molecule has 16 heteroatoms. The number of hydrogen-bond donors (Lipinski definition) is 6. The number of carboxylic acids is 1. The van der Waals surface area contributed by atoms with E-state index in [0.29, 0.717) is 16.7 Å². The van der Waals surface area contributed by atoms with Gasteiger partial charge in [0.2, 0.25) is 4.77 Å². The molecule has 3 aromatic carbocycles. The van der Waals surface area contributed by atoms with Crippen molar-refractivity contribution in [2.75, 3.05) is 11.1 Å². The average Bonchev–Trinajstić information content (AvgIpc) is 3.39. The molecule has 5 aromatic rings. The van der Waals surface area contributed by atoms with Crippen LogP contribution < -0.4 is 32.5 Å². The highest BCUT2D eigenvalue weighted by molar-refractivity contribution is 7.71. The number of nitrogens with one attached hydrogen (secondary N) is 4. The molecule has 0 saturated carbocycles. The molecule has 0 atom stereocenters. The van der Waals surface area contributed by atoms with Crippen LogP contribution in [0.15, 0.2) is 52.1 Å². The number of nitrogen functional groups attached to an aromatic ring is 1. The Hall–Kier alpha value is -5.77. The topological polar surface area (TPSA) is 214 Å². The smallest absolute Gasteiger partial charge is 0.335 e. The number of nitrogens with two attached hydrogens (primary N) is 1. The molecule has 0 radical (unpaired) electrons. The van der Waals surface area contributed by atoms with Gasteiger partial charge < -0.3 is 26.8 Å². The van der Waals surface area contributed by atoms with Crippen LogP contribution in [0.25, 0.3) is 5.78 Å². The second kappa shape index (κ2) is 11.8. The molecule has 0 fully saturated rings. The highest BCUT2D eigenvalue weighted by Crippen LogP contribution is 2.16. The van der Waals surface area contributed by atoms with Gasteiger partial charge >= 0.3 is 5.97 Å². The lowest BCUT2D eigenvalue weighted by Gasteiger charge is -2.13. The van der Waals surface area contributed by atoms with E-state index in [1.54, 1.807) is 19.1 Å². The Labute approximate surface area is 251 Å². The number of aryl methyl sites for hydroxylation is 1. The molecule has 0 aliphatic rings. The number of carboxylic acid groups (broad SMARTS) is 1. The van der Waals surface area contributed by atoms with Gasteiger partial charge in [0.25, 0.3) is 28.4 Å². The predicted octanol–water partition coefficient (Wildman–Crippen LogP) is 1.58. The second-order valence-corrected chi connectivity index (χ2v) is 10.1. The van der Waals surface area contributed by atoms with E-state index >= 15 is 0 Å². The Balaban J connectivity index is 1.30. The first-order chi connectivity index (χ1) is 20.9. The minimum atomic E-state index is -1.06. The van der Waals surface area contributed by atoms with Gasteiger partial charge in [0.1, 0.15) is 28.6 Å². The summed E-state index contributed by atoms with van der Waals surface area (Å²) in [6, 6.07) is 10.0. The number of carbonyl (C=O) groups is 3. The Morgan fingerprint density at radius 1 is 1.00 bits per heavy atom. The summed E-state index contributed by atoms with van der Waals surface area (Å²) in [5.74, 6) is -2.91. The molecule has 0 bridgehead atoms. The van der Waals surface area contributed by atoms with Crippen LogP contribution in [0.5, 0.6) is 0 Å². The molecular formula is C28H23FN8O6S. The third kappa shape index (κ3) is 5.78. The van der Waals surface area contributed by atoms with Crippen molar-refractivity contribution >= 4 is 47.2 Å². The third-order valence-corrected chi connectivity index (χ3v) is 7.07. The molecule has 2 aromatic heterocycles. The van der Waals surface area contributed by atoms with E-state index in [0.717, 1.165) is 0 Å². The van der Waals surface area contributed by atoms with Gasteiger partial charge in [-0.2, -0.15) is 0 Å². The number of rotatable bonds is 10. The summed E-state index contributed by atoms with van der Waals surface area (Å²) in [7, 11) is 0. The van der Waals surface area contributed by atoms with Crippen molar-refractivity contribution in [2.45, 2.75) is 26.6 Å². The van der Waals surface area contributed by atoms with Gasteiger partial charge in [0.15, 0.2) is 0 Å². The first kappa shape index (κ1) is 29.7. The maximum absolute atomic E-state index is 14.4. The minimum absolute atomic E-state index is 0.0257. The van der Waals surface area contributed by atoms with Crippen molar-refractivity contribution in [1.29, 1.82) is 0 Å². The predicted molar refractivity (Wildman–Crippen MR) is 158 cm³/mol. The molecule has 0 aliphatic carbocycles. The number of halogens is 1. The van der Waals surface area contributed by atoms with E-state index in [-0.39, 0.29) is 64.1 Å². The monoisotopic (exact) mass is 618 g/mol. The molecule has 0 saturated heterocycles. The quantitative estimate of drug-likeness (QED) is 0.0976. The number of aromatic amines is 1. The van der Waals surface area contributed by atoms with E-state index < -0.39 is 34.5 Å². The van der Waals surface area contributed by atoms with Crippen LogP contribution in [-0.2, 0) is 19.6 Å². The normalized spacial score (nSPS) is 11.0. The van der Waals surface area contributed by atoms with Crippen molar-refractivity contribution in [1.82, 2.24) is 30.2 Å². The molecule has 2 amide bonds. The average molecular weight is 619 g/mol. The lowest BCUT2D eigenvalue weighted by atomic mass is 10.1. The highest BCUT2D eigenvalue weighted by Gasteiger charge is 2.20. The fourth-order valence-electron chi connectivity index (χ4n) is 4.46. The largest absolute Gasteiger partial charge is 0.478 e. The fourth-order valence-corrected chi connectivity index (χ4v) is 4.69. The first-order valence-electron chi connectivity index (χ1n) is 12.9. The van der Waals surface area contributed by atoms with Gasteiger partial charge in [0, 0.05) is 25.2 Å². The number of fused-ring (bicyclic) bond motifs is 1. The summed E-state index contributed by atoms with van der Waals surface area (Å²) in [5, 5.41) is 23.8. The molecular weight excluding hydrogens is 595 g/mol. The van der Waals surface area contributed by atoms with E-state index in [2.05, 4.69) is 31.1 Å². The summed E-state index contributed by atoms with van der Waals surface area (Å²) >= 11 is 5.23. The Morgan fingerprint density at radius 2 is 1.68 bits per heavy atom. The maximum atomic E-state index is 14.4.